The van der Waals surface area contributed by atoms with Crippen LogP contribution in [0.5, 0.6) is 0 Å². The number of rotatable bonds is 4. The average Bonchev–Trinajstić information content (AvgIpc) is 3.40. The Morgan fingerprint density at radius 1 is 0.500 bits per heavy atom. The van der Waals surface area contributed by atoms with Crippen molar-refractivity contribution in [1.82, 2.24) is 0 Å². The van der Waals surface area contributed by atoms with Crippen molar-refractivity contribution in [2.24, 2.45) is 0 Å². The molecule has 0 saturated carbocycles. The lowest BCUT2D eigenvalue weighted by molar-refractivity contribution is 0.0697. The van der Waals surface area contributed by atoms with Crippen LogP contribution in [0.1, 0.15) is 60.3 Å². The molecule has 0 unspecified atom stereocenters. The second kappa shape index (κ2) is 9.17. The number of hydrogen-bond donors (Lipinski definition) is 1. The van der Waals surface area contributed by atoms with Crippen molar-refractivity contribution >= 4 is 33.8 Å². The molecule has 1 N–H and O–H groups in total. The molecule has 0 aliphatic heterocycles. The number of fused-ring (bicyclic) bond motifs is 7. The summed E-state index contributed by atoms with van der Waals surface area (Å²) in [7, 11) is 0. The first kappa shape index (κ1) is 26.5. The van der Waals surface area contributed by atoms with Gasteiger partial charge >= 0.3 is 5.97 Å². The molecule has 0 radical (unpaired) electrons. The van der Waals surface area contributed by atoms with Gasteiger partial charge in [0.1, 0.15) is 0 Å². The third kappa shape index (κ3) is 3.72. The fourth-order valence-corrected chi connectivity index (χ4v) is 7.62. The molecule has 8 rings (SSSR count). The number of carboxylic acid groups (broad SMARTS) is 1. The molecule has 6 aromatic carbocycles. The Hall–Kier alpha value is -5.15. The maximum atomic E-state index is 11.6. The van der Waals surface area contributed by atoms with Crippen molar-refractivity contribution < 1.29 is 9.90 Å². The zero-order valence-corrected chi connectivity index (χ0v) is 25.3. The first-order valence-electron chi connectivity index (χ1n) is 15.2. The van der Waals surface area contributed by atoms with E-state index in [0.717, 1.165) is 27.8 Å². The van der Waals surface area contributed by atoms with Crippen molar-refractivity contribution in [3.05, 3.63) is 149 Å². The molecule has 0 heterocycles. The van der Waals surface area contributed by atoms with Crippen molar-refractivity contribution in [3.63, 3.8) is 0 Å². The van der Waals surface area contributed by atoms with E-state index in [1.807, 2.05) is 12.1 Å². The molecule has 0 atom stereocenters. The van der Waals surface area contributed by atoms with Crippen LogP contribution in [0.15, 0.2) is 121 Å². The minimum Gasteiger partial charge on any atom is -0.478 e. The van der Waals surface area contributed by atoms with Crippen molar-refractivity contribution in [2.45, 2.75) is 38.5 Å². The van der Waals surface area contributed by atoms with Crippen LogP contribution in [-0.2, 0) is 10.8 Å². The Kier molecular flexibility index (Phi) is 5.52. The molecule has 0 saturated heterocycles. The average molecular weight is 572 g/mol. The van der Waals surface area contributed by atoms with E-state index in [0.29, 0.717) is 5.56 Å². The number of benzene rings is 6. The van der Waals surface area contributed by atoms with E-state index in [9.17, 15) is 9.90 Å². The third-order valence-corrected chi connectivity index (χ3v) is 9.98. The smallest absolute Gasteiger partial charge is 0.335 e. The van der Waals surface area contributed by atoms with Crippen LogP contribution >= 0.6 is 0 Å². The Bertz CT molecular complexity index is 2060. The molecule has 44 heavy (non-hydrogen) atoms. The first-order valence-corrected chi connectivity index (χ1v) is 15.2. The normalized spacial score (nSPS) is 14.9. The fourth-order valence-electron chi connectivity index (χ4n) is 7.62. The zero-order valence-electron chi connectivity index (χ0n) is 25.3. The van der Waals surface area contributed by atoms with Crippen LogP contribution in [0.4, 0.5) is 17.1 Å². The summed E-state index contributed by atoms with van der Waals surface area (Å²) in [6.45, 7) is 9.27. The highest BCUT2D eigenvalue weighted by atomic mass is 16.4. The maximum Gasteiger partial charge on any atom is 0.335 e. The van der Waals surface area contributed by atoms with Gasteiger partial charge < -0.3 is 10.0 Å². The van der Waals surface area contributed by atoms with Gasteiger partial charge in [0, 0.05) is 27.9 Å². The topological polar surface area (TPSA) is 40.5 Å². The molecule has 0 fully saturated rings. The third-order valence-electron chi connectivity index (χ3n) is 9.98. The van der Waals surface area contributed by atoms with Gasteiger partial charge in [-0.15, -0.1) is 0 Å². The molecule has 0 aromatic heterocycles. The van der Waals surface area contributed by atoms with Gasteiger partial charge in [0.25, 0.3) is 0 Å². The van der Waals surface area contributed by atoms with E-state index in [-0.39, 0.29) is 10.8 Å². The van der Waals surface area contributed by atoms with Gasteiger partial charge in [-0.2, -0.15) is 0 Å². The number of carboxylic acids is 1. The van der Waals surface area contributed by atoms with Crippen LogP contribution in [0.2, 0.25) is 0 Å². The maximum absolute atomic E-state index is 11.6. The summed E-state index contributed by atoms with van der Waals surface area (Å²) in [5, 5.41) is 11.5. The largest absolute Gasteiger partial charge is 0.478 e. The molecule has 3 heteroatoms. The summed E-state index contributed by atoms with van der Waals surface area (Å²) < 4.78 is 0. The predicted molar refractivity (Wildman–Crippen MR) is 181 cm³/mol. The predicted octanol–water partition coefficient (Wildman–Crippen LogP) is 10.6. The molecular weight excluding hydrogens is 538 g/mol. The molecule has 2 aliphatic rings. The van der Waals surface area contributed by atoms with Gasteiger partial charge in [0.2, 0.25) is 0 Å². The zero-order chi connectivity index (χ0) is 30.4. The summed E-state index contributed by atoms with van der Waals surface area (Å²) >= 11 is 0. The van der Waals surface area contributed by atoms with Gasteiger partial charge in [0.05, 0.1) is 5.56 Å². The molecule has 214 valence electrons. The summed E-state index contributed by atoms with van der Waals surface area (Å²) in [6.07, 6.45) is 0. The van der Waals surface area contributed by atoms with E-state index in [4.69, 9.17) is 0 Å². The molecule has 0 bridgehead atoms. The molecule has 3 nitrogen and oxygen atoms in total. The van der Waals surface area contributed by atoms with Crippen molar-refractivity contribution in [1.29, 1.82) is 0 Å². The first-order chi connectivity index (χ1) is 21.1. The standard InChI is InChI=1S/C41H33NO2/c1-40(2)35-11-7-5-9-31(35)33-19-17-29(23-37(33)40)42(28-16-15-25-21-27(39(43)44)14-13-26(25)22-28)30-18-20-34-32-10-6-8-12-36(32)41(3,4)38(34)24-30/h5-24H,1-4H3,(H,43,44). The summed E-state index contributed by atoms with van der Waals surface area (Å²) in [4.78, 5) is 14.0. The van der Waals surface area contributed by atoms with Crippen molar-refractivity contribution in [3.8, 4) is 22.3 Å². The number of hydrogen-bond acceptors (Lipinski definition) is 2. The Morgan fingerprint density at radius 3 is 1.48 bits per heavy atom. The van der Waals surface area contributed by atoms with E-state index in [1.165, 1.54) is 44.5 Å². The molecule has 6 aromatic rings. The van der Waals surface area contributed by atoms with Crippen LogP contribution in [0, 0.1) is 0 Å². The van der Waals surface area contributed by atoms with Gasteiger partial charge in [-0.25, -0.2) is 4.79 Å². The minimum absolute atomic E-state index is 0.119. The second-order valence-corrected chi connectivity index (χ2v) is 13.2. The Morgan fingerprint density at radius 2 is 0.932 bits per heavy atom. The molecule has 0 spiro atoms. The summed E-state index contributed by atoms with van der Waals surface area (Å²) in [6, 6.07) is 42.9. The lowest BCUT2D eigenvalue weighted by Crippen LogP contribution is -2.18. The van der Waals surface area contributed by atoms with Crippen LogP contribution in [-0.4, -0.2) is 11.1 Å². The number of aromatic carboxylic acids is 1. The fraction of sp³-hybridized carbons (Fsp3) is 0.146. The highest BCUT2D eigenvalue weighted by molar-refractivity contribution is 5.97. The van der Waals surface area contributed by atoms with Crippen LogP contribution < -0.4 is 4.90 Å². The number of anilines is 3. The van der Waals surface area contributed by atoms with E-state index in [1.54, 1.807) is 12.1 Å². The lowest BCUT2D eigenvalue weighted by atomic mass is 9.82. The van der Waals surface area contributed by atoms with Crippen LogP contribution in [0.25, 0.3) is 33.0 Å². The molecular formula is C41H33NO2. The molecule has 0 amide bonds. The Labute approximate surface area is 258 Å². The Balaban J connectivity index is 1.33. The second-order valence-electron chi connectivity index (χ2n) is 13.2. The lowest BCUT2D eigenvalue weighted by Gasteiger charge is -2.30. The number of carbonyl (C=O) groups is 1. The van der Waals surface area contributed by atoms with E-state index >= 15 is 0 Å². The summed E-state index contributed by atoms with van der Waals surface area (Å²) in [5.41, 5.74) is 13.8. The van der Waals surface area contributed by atoms with Crippen LogP contribution in [0.3, 0.4) is 0 Å². The van der Waals surface area contributed by atoms with E-state index < -0.39 is 5.97 Å². The molecule has 2 aliphatic carbocycles. The summed E-state index contributed by atoms with van der Waals surface area (Å²) in [5.74, 6) is -0.916. The minimum atomic E-state index is -0.916. The van der Waals surface area contributed by atoms with Gasteiger partial charge in [-0.3, -0.25) is 0 Å². The van der Waals surface area contributed by atoms with Crippen molar-refractivity contribution in [2.75, 3.05) is 4.90 Å². The highest BCUT2D eigenvalue weighted by Crippen LogP contribution is 2.53. The highest BCUT2D eigenvalue weighted by Gasteiger charge is 2.37. The SMILES string of the molecule is CC1(C)c2ccccc2-c2ccc(N(c3ccc4c(c3)C(C)(C)c3ccccc3-4)c3ccc4cc(C(=O)O)ccc4c3)cc21. The van der Waals surface area contributed by atoms with Gasteiger partial charge in [-0.1, -0.05) is 100 Å². The van der Waals surface area contributed by atoms with E-state index in [2.05, 4.69) is 130 Å². The monoisotopic (exact) mass is 571 g/mol. The van der Waals surface area contributed by atoms with Gasteiger partial charge in [-0.05, 0) is 104 Å². The quantitative estimate of drug-likeness (QED) is 0.229. The van der Waals surface area contributed by atoms with Gasteiger partial charge in [0.15, 0.2) is 0 Å². The number of nitrogens with zero attached hydrogens (tertiary/aromatic N) is 1.